The molecule has 1 aromatic heterocycles. The molecule has 108 valence electrons. The van der Waals surface area contributed by atoms with Gasteiger partial charge in [-0.25, -0.2) is 13.6 Å². The van der Waals surface area contributed by atoms with Crippen molar-refractivity contribution in [3.63, 3.8) is 0 Å². The molecule has 0 radical (unpaired) electrons. The van der Waals surface area contributed by atoms with Crippen LogP contribution in [0.15, 0.2) is 9.59 Å². The molecule has 0 aliphatic carbocycles. The predicted octanol–water partition coefficient (Wildman–Crippen LogP) is 1.87. The summed E-state index contributed by atoms with van der Waals surface area (Å²) in [6.45, 7) is 8.31. The Morgan fingerprint density at radius 2 is 2.05 bits per heavy atom. The Labute approximate surface area is 118 Å². The van der Waals surface area contributed by atoms with Crippen LogP contribution in [-0.2, 0) is 10.0 Å². The van der Waals surface area contributed by atoms with E-state index in [1.807, 2.05) is 0 Å². The van der Waals surface area contributed by atoms with Gasteiger partial charge in [0.25, 0.3) is 5.91 Å². The Morgan fingerprint density at radius 1 is 1.47 bits per heavy atom. The first-order valence-corrected chi connectivity index (χ1v) is 8.40. The Bertz CT molecular complexity index is 574. The van der Waals surface area contributed by atoms with E-state index in [4.69, 9.17) is 5.14 Å². The molecular formula is C12H20N2O3S2. The molecule has 1 heterocycles. The van der Waals surface area contributed by atoms with Crippen molar-refractivity contribution in [3.8, 4) is 0 Å². The summed E-state index contributed by atoms with van der Waals surface area (Å²) in [6.07, 6.45) is 0.943. The first-order valence-electron chi connectivity index (χ1n) is 5.97. The van der Waals surface area contributed by atoms with Gasteiger partial charge >= 0.3 is 0 Å². The van der Waals surface area contributed by atoms with Crippen molar-refractivity contribution in [2.24, 2.45) is 10.6 Å². The zero-order chi connectivity index (χ0) is 14.8. The second-order valence-corrected chi connectivity index (χ2v) is 7.94. The minimum absolute atomic E-state index is 0.0162. The first kappa shape index (κ1) is 16.1. The lowest BCUT2D eigenvalue weighted by molar-refractivity contribution is 0.0935. The third kappa shape index (κ3) is 4.02. The first-order chi connectivity index (χ1) is 8.58. The van der Waals surface area contributed by atoms with Crippen LogP contribution in [-0.4, -0.2) is 20.9 Å². The Hall–Kier alpha value is -0.920. The van der Waals surface area contributed by atoms with Gasteiger partial charge in [-0.05, 0) is 24.3 Å². The van der Waals surface area contributed by atoms with Crippen molar-refractivity contribution >= 4 is 27.3 Å². The average molecular weight is 304 g/mol. The summed E-state index contributed by atoms with van der Waals surface area (Å²) in [5, 5.41) is 9.45. The number of nitrogens with one attached hydrogen (secondary N) is 1. The summed E-state index contributed by atoms with van der Waals surface area (Å²) in [5.74, 6) is -0.259. The van der Waals surface area contributed by atoms with Gasteiger partial charge in [0.2, 0.25) is 10.0 Å². The Morgan fingerprint density at radius 3 is 2.47 bits per heavy atom. The standard InChI is InChI=1S/C12H20N2O3S2/c1-5-12(3,4)7-14-10(15)9-6-18-11(8(9)2)19(13,16)17/h6H,5,7H2,1-4H3,(H,14,15)(H2,13,16,17). The second-order valence-electron chi connectivity index (χ2n) is 5.31. The highest BCUT2D eigenvalue weighted by atomic mass is 32.2. The molecule has 0 unspecified atom stereocenters. The average Bonchev–Trinajstić information content (AvgIpc) is 2.68. The van der Waals surface area contributed by atoms with Gasteiger partial charge in [-0.2, -0.15) is 0 Å². The summed E-state index contributed by atoms with van der Waals surface area (Å²) >= 11 is 0.977. The number of primary sulfonamides is 1. The lowest BCUT2D eigenvalue weighted by Gasteiger charge is -2.22. The van der Waals surface area contributed by atoms with Crippen molar-refractivity contribution in [1.82, 2.24) is 5.32 Å². The van der Waals surface area contributed by atoms with E-state index < -0.39 is 10.0 Å². The summed E-state index contributed by atoms with van der Waals surface area (Å²) in [5.41, 5.74) is 0.808. The van der Waals surface area contributed by atoms with Crippen LogP contribution in [0, 0.1) is 12.3 Å². The molecule has 0 saturated carbocycles. The lowest BCUT2D eigenvalue weighted by atomic mass is 9.90. The topological polar surface area (TPSA) is 89.3 Å². The van der Waals surface area contributed by atoms with E-state index in [1.54, 1.807) is 6.92 Å². The molecule has 0 spiro atoms. The molecule has 0 bridgehead atoms. The van der Waals surface area contributed by atoms with Crippen molar-refractivity contribution in [2.75, 3.05) is 6.54 Å². The monoisotopic (exact) mass is 304 g/mol. The van der Waals surface area contributed by atoms with E-state index in [0.717, 1.165) is 17.8 Å². The van der Waals surface area contributed by atoms with Crippen LogP contribution in [0.1, 0.15) is 43.1 Å². The van der Waals surface area contributed by atoms with E-state index in [0.29, 0.717) is 17.7 Å². The van der Waals surface area contributed by atoms with E-state index >= 15 is 0 Å². The summed E-state index contributed by atoms with van der Waals surface area (Å²) in [4.78, 5) is 12.0. The van der Waals surface area contributed by atoms with Crippen LogP contribution < -0.4 is 10.5 Å². The van der Waals surface area contributed by atoms with Gasteiger partial charge < -0.3 is 5.32 Å². The highest BCUT2D eigenvalue weighted by molar-refractivity contribution is 7.91. The number of nitrogens with two attached hydrogens (primary N) is 1. The summed E-state index contributed by atoms with van der Waals surface area (Å²) in [7, 11) is -3.76. The maximum Gasteiger partial charge on any atom is 0.252 e. The van der Waals surface area contributed by atoms with E-state index in [2.05, 4.69) is 26.1 Å². The molecule has 0 atom stereocenters. The molecule has 0 aliphatic rings. The quantitative estimate of drug-likeness (QED) is 0.870. The number of hydrogen-bond donors (Lipinski definition) is 2. The molecule has 7 heteroatoms. The number of rotatable bonds is 5. The van der Waals surface area contributed by atoms with E-state index in [1.165, 1.54) is 5.38 Å². The smallest absolute Gasteiger partial charge is 0.252 e. The van der Waals surface area contributed by atoms with Gasteiger partial charge in [0.1, 0.15) is 4.21 Å². The van der Waals surface area contributed by atoms with E-state index in [-0.39, 0.29) is 15.5 Å². The second kappa shape index (κ2) is 5.60. The van der Waals surface area contributed by atoms with E-state index in [9.17, 15) is 13.2 Å². The molecule has 5 nitrogen and oxygen atoms in total. The molecule has 0 saturated heterocycles. The van der Waals surface area contributed by atoms with Crippen LogP contribution in [0.2, 0.25) is 0 Å². The maximum atomic E-state index is 12.0. The molecule has 0 fully saturated rings. The largest absolute Gasteiger partial charge is 0.351 e. The molecule has 19 heavy (non-hydrogen) atoms. The third-order valence-electron chi connectivity index (χ3n) is 3.18. The zero-order valence-electron chi connectivity index (χ0n) is 11.6. The number of amides is 1. The highest BCUT2D eigenvalue weighted by Gasteiger charge is 2.22. The SMILES string of the molecule is CCC(C)(C)CNC(=O)c1csc(S(N)(=O)=O)c1C. The van der Waals surface area contributed by atoms with Gasteiger partial charge in [0.05, 0.1) is 5.56 Å². The van der Waals surface area contributed by atoms with Crippen LogP contribution in [0.5, 0.6) is 0 Å². The fraction of sp³-hybridized carbons (Fsp3) is 0.583. The summed E-state index contributed by atoms with van der Waals surface area (Å²) < 4.78 is 22.7. The number of hydrogen-bond acceptors (Lipinski definition) is 4. The zero-order valence-corrected chi connectivity index (χ0v) is 13.2. The minimum Gasteiger partial charge on any atom is -0.351 e. The fourth-order valence-corrected chi connectivity index (χ4v) is 3.46. The van der Waals surface area contributed by atoms with Gasteiger partial charge in [-0.1, -0.05) is 20.8 Å². The summed E-state index contributed by atoms with van der Waals surface area (Å²) in [6, 6.07) is 0. The van der Waals surface area contributed by atoms with Crippen LogP contribution >= 0.6 is 11.3 Å². The number of sulfonamides is 1. The number of carbonyl (C=O) groups excluding carboxylic acids is 1. The van der Waals surface area contributed by atoms with Crippen LogP contribution in [0.4, 0.5) is 0 Å². The highest BCUT2D eigenvalue weighted by Crippen LogP contribution is 2.25. The molecule has 1 amide bonds. The molecule has 0 aromatic carbocycles. The van der Waals surface area contributed by atoms with Crippen molar-refractivity contribution in [3.05, 3.63) is 16.5 Å². The molecule has 1 aromatic rings. The van der Waals surface area contributed by atoms with Crippen LogP contribution in [0.25, 0.3) is 0 Å². The fourth-order valence-electron chi connectivity index (χ4n) is 1.44. The predicted molar refractivity (Wildman–Crippen MR) is 76.8 cm³/mol. The molecular weight excluding hydrogens is 284 g/mol. The van der Waals surface area contributed by atoms with Crippen LogP contribution in [0.3, 0.4) is 0 Å². The lowest BCUT2D eigenvalue weighted by Crippen LogP contribution is -2.33. The minimum atomic E-state index is -3.76. The molecule has 0 aliphatic heterocycles. The van der Waals surface area contributed by atoms with Crippen molar-refractivity contribution in [1.29, 1.82) is 0 Å². The molecule has 1 rings (SSSR count). The normalized spacial score (nSPS) is 12.5. The van der Waals surface area contributed by atoms with Gasteiger partial charge in [-0.3, -0.25) is 4.79 Å². The maximum absolute atomic E-state index is 12.0. The molecule has 3 N–H and O–H groups in total. The van der Waals surface area contributed by atoms with Crippen molar-refractivity contribution in [2.45, 2.75) is 38.3 Å². The van der Waals surface area contributed by atoms with Crippen molar-refractivity contribution < 1.29 is 13.2 Å². The number of thiophene rings is 1. The van der Waals surface area contributed by atoms with Gasteiger partial charge in [-0.15, -0.1) is 11.3 Å². The van der Waals surface area contributed by atoms with Gasteiger partial charge in [0, 0.05) is 11.9 Å². The number of carbonyl (C=O) groups is 1. The Kier molecular flexibility index (Phi) is 4.76. The van der Waals surface area contributed by atoms with Gasteiger partial charge in [0.15, 0.2) is 0 Å². The third-order valence-corrected chi connectivity index (χ3v) is 5.86. The Balaban J connectivity index is 2.88.